The van der Waals surface area contributed by atoms with Gasteiger partial charge in [-0.1, -0.05) is 24.3 Å². The van der Waals surface area contributed by atoms with Gasteiger partial charge >= 0.3 is 5.97 Å². The van der Waals surface area contributed by atoms with E-state index in [1.807, 2.05) is 50.2 Å². The minimum absolute atomic E-state index is 0.467. The Morgan fingerprint density at radius 3 is 2.67 bits per heavy atom. The van der Waals surface area contributed by atoms with Gasteiger partial charge in [-0.3, -0.25) is 4.79 Å². The van der Waals surface area contributed by atoms with E-state index in [-0.39, 0.29) is 0 Å². The van der Waals surface area contributed by atoms with Crippen LogP contribution in [0.2, 0.25) is 0 Å². The summed E-state index contributed by atoms with van der Waals surface area (Å²) in [6, 6.07) is 11.9. The lowest BCUT2D eigenvalue weighted by molar-refractivity contribution is -0.149. The van der Waals surface area contributed by atoms with Gasteiger partial charge in [0.05, 0.1) is 11.1 Å². The van der Waals surface area contributed by atoms with Gasteiger partial charge in [0.25, 0.3) is 0 Å². The summed E-state index contributed by atoms with van der Waals surface area (Å²) in [6.07, 6.45) is 2.07. The Hall–Kier alpha value is -2.43. The first-order valence-electron chi connectivity index (χ1n) is 8.33. The molecule has 126 valence electrons. The normalized spacial score (nSPS) is 20.8. The van der Waals surface area contributed by atoms with Crippen LogP contribution in [0.3, 0.4) is 0 Å². The molecule has 5 heteroatoms. The van der Waals surface area contributed by atoms with E-state index in [2.05, 4.69) is 15.1 Å². The lowest BCUT2D eigenvalue weighted by atomic mass is 9.74. The summed E-state index contributed by atoms with van der Waals surface area (Å²) >= 11 is 0. The van der Waals surface area contributed by atoms with Gasteiger partial charge in [-0.2, -0.15) is 5.10 Å². The highest BCUT2D eigenvalue weighted by molar-refractivity contribution is 5.76. The highest BCUT2D eigenvalue weighted by Crippen LogP contribution is 2.36. The van der Waals surface area contributed by atoms with Gasteiger partial charge in [0, 0.05) is 13.1 Å². The summed E-state index contributed by atoms with van der Waals surface area (Å²) in [6.45, 7) is 5.22. The fraction of sp³-hybridized carbons (Fsp3) is 0.421. The largest absolute Gasteiger partial charge is 0.481 e. The van der Waals surface area contributed by atoms with Crippen molar-refractivity contribution in [3.8, 4) is 0 Å². The molecular formula is C19H23N3O2. The number of aliphatic carboxylic acids is 1. The van der Waals surface area contributed by atoms with Crippen LogP contribution in [-0.2, 0) is 11.2 Å². The molecule has 0 amide bonds. The quantitative estimate of drug-likeness (QED) is 0.936. The second-order valence-electron chi connectivity index (χ2n) is 6.75. The minimum Gasteiger partial charge on any atom is -0.481 e. The van der Waals surface area contributed by atoms with Crippen LogP contribution in [0, 0.1) is 19.3 Å². The maximum atomic E-state index is 12.2. The van der Waals surface area contributed by atoms with Gasteiger partial charge in [0.1, 0.15) is 0 Å². The highest BCUT2D eigenvalue weighted by atomic mass is 16.4. The standard InChI is InChI=1S/C19H23N3O2/c1-14-6-3-4-7-16(14)12-19(18(23)24)10-5-11-22(13-19)17-9-8-15(2)20-21-17/h3-4,6-9H,5,10-13H2,1-2H3,(H,23,24)/t19-/m1/s1. The van der Waals surface area contributed by atoms with Crippen molar-refractivity contribution in [3.05, 3.63) is 53.2 Å². The highest BCUT2D eigenvalue weighted by Gasteiger charge is 2.43. The molecule has 1 aliphatic heterocycles. The van der Waals surface area contributed by atoms with Crippen LogP contribution in [0.15, 0.2) is 36.4 Å². The van der Waals surface area contributed by atoms with Crippen molar-refractivity contribution in [1.29, 1.82) is 0 Å². The molecule has 0 bridgehead atoms. The van der Waals surface area contributed by atoms with Gasteiger partial charge in [-0.05, 0) is 56.4 Å². The maximum Gasteiger partial charge on any atom is 0.311 e. The molecule has 0 unspecified atom stereocenters. The van der Waals surface area contributed by atoms with Gasteiger partial charge in [-0.15, -0.1) is 5.10 Å². The Balaban J connectivity index is 1.88. The number of anilines is 1. The summed E-state index contributed by atoms with van der Waals surface area (Å²) in [5.41, 5.74) is 2.33. The third kappa shape index (κ3) is 3.25. The number of carboxylic acids is 1. The number of hydrogen-bond donors (Lipinski definition) is 1. The third-order valence-electron chi connectivity index (χ3n) is 4.93. The van der Waals surface area contributed by atoms with Crippen LogP contribution in [0.4, 0.5) is 5.82 Å². The van der Waals surface area contributed by atoms with Crippen molar-refractivity contribution >= 4 is 11.8 Å². The van der Waals surface area contributed by atoms with Crippen LogP contribution in [0.25, 0.3) is 0 Å². The summed E-state index contributed by atoms with van der Waals surface area (Å²) in [7, 11) is 0. The Bertz CT molecular complexity index is 730. The van der Waals surface area contributed by atoms with E-state index >= 15 is 0 Å². The smallest absolute Gasteiger partial charge is 0.311 e. The van der Waals surface area contributed by atoms with Crippen molar-refractivity contribution in [2.45, 2.75) is 33.1 Å². The summed E-state index contributed by atoms with van der Waals surface area (Å²) in [4.78, 5) is 14.2. The number of aromatic nitrogens is 2. The number of aryl methyl sites for hydroxylation is 2. The Morgan fingerprint density at radius 1 is 1.21 bits per heavy atom. The van der Waals surface area contributed by atoms with E-state index in [1.165, 1.54) is 0 Å². The minimum atomic E-state index is -0.781. The molecule has 0 radical (unpaired) electrons. The monoisotopic (exact) mass is 325 g/mol. The molecule has 1 N–H and O–H groups in total. The Labute approximate surface area is 142 Å². The van der Waals surface area contributed by atoms with Crippen molar-refractivity contribution in [2.24, 2.45) is 5.41 Å². The summed E-state index contributed by atoms with van der Waals surface area (Å²) < 4.78 is 0. The molecule has 0 saturated carbocycles. The summed E-state index contributed by atoms with van der Waals surface area (Å²) in [5, 5.41) is 18.3. The molecule has 1 atom stereocenters. The van der Waals surface area contributed by atoms with E-state index < -0.39 is 11.4 Å². The average molecular weight is 325 g/mol. The molecular weight excluding hydrogens is 302 g/mol. The second-order valence-corrected chi connectivity index (χ2v) is 6.75. The first-order chi connectivity index (χ1) is 11.5. The number of rotatable bonds is 4. The molecule has 2 heterocycles. The Morgan fingerprint density at radius 2 is 2.00 bits per heavy atom. The second kappa shape index (κ2) is 6.59. The van der Waals surface area contributed by atoms with Crippen LogP contribution < -0.4 is 4.90 Å². The van der Waals surface area contributed by atoms with Gasteiger partial charge in [0.2, 0.25) is 0 Å². The number of nitrogens with zero attached hydrogens (tertiary/aromatic N) is 3. The molecule has 1 aromatic heterocycles. The first-order valence-corrected chi connectivity index (χ1v) is 8.33. The maximum absolute atomic E-state index is 12.2. The van der Waals surface area contributed by atoms with E-state index in [4.69, 9.17) is 0 Å². The van der Waals surface area contributed by atoms with E-state index in [0.717, 1.165) is 35.6 Å². The van der Waals surface area contributed by atoms with Crippen molar-refractivity contribution in [3.63, 3.8) is 0 Å². The van der Waals surface area contributed by atoms with Crippen LogP contribution in [-0.4, -0.2) is 34.4 Å². The number of benzene rings is 1. The molecule has 1 aliphatic rings. The zero-order valence-electron chi connectivity index (χ0n) is 14.2. The fourth-order valence-corrected chi connectivity index (χ4v) is 3.46. The lowest BCUT2D eigenvalue weighted by Gasteiger charge is -2.40. The molecule has 0 spiro atoms. The zero-order valence-corrected chi connectivity index (χ0v) is 14.2. The molecule has 1 aromatic carbocycles. The molecule has 24 heavy (non-hydrogen) atoms. The van der Waals surface area contributed by atoms with Gasteiger partial charge < -0.3 is 10.0 Å². The predicted octanol–water partition coefficient (Wildman–Crippen LogP) is 3.01. The van der Waals surface area contributed by atoms with Crippen LogP contribution in [0.1, 0.15) is 29.7 Å². The number of piperidine rings is 1. The molecule has 1 fully saturated rings. The molecule has 5 nitrogen and oxygen atoms in total. The zero-order chi connectivity index (χ0) is 17.2. The van der Waals surface area contributed by atoms with Gasteiger partial charge in [-0.25, -0.2) is 0 Å². The predicted molar refractivity (Wildman–Crippen MR) is 93.2 cm³/mol. The van der Waals surface area contributed by atoms with Crippen molar-refractivity contribution in [2.75, 3.05) is 18.0 Å². The van der Waals surface area contributed by atoms with E-state index in [9.17, 15) is 9.90 Å². The molecule has 0 aliphatic carbocycles. The topological polar surface area (TPSA) is 66.3 Å². The number of carboxylic acid groups (broad SMARTS) is 1. The number of carbonyl (C=O) groups is 1. The number of hydrogen-bond acceptors (Lipinski definition) is 4. The van der Waals surface area contributed by atoms with E-state index in [0.29, 0.717) is 19.4 Å². The third-order valence-corrected chi connectivity index (χ3v) is 4.93. The average Bonchev–Trinajstić information content (AvgIpc) is 2.58. The van der Waals surface area contributed by atoms with E-state index in [1.54, 1.807) is 0 Å². The SMILES string of the molecule is Cc1ccc(N2CCC[C@](Cc3ccccc3C)(C(=O)O)C2)nn1. The fourth-order valence-electron chi connectivity index (χ4n) is 3.46. The van der Waals surface area contributed by atoms with Crippen LogP contribution in [0.5, 0.6) is 0 Å². The summed E-state index contributed by atoms with van der Waals surface area (Å²) in [5.74, 6) is 0.0335. The first kappa shape index (κ1) is 16.4. The molecule has 1 saturated heterocycles. The van der Waals surface area contributed by atoms with Crippen molar-refractivity contribution < 1.29 is 9.90 Å². The Kier molecular flexibility index (Phi) is 4.51. The van der Waals surface area contributed by atoms with Crippen molar-refractivity contribution in [1.82, 2.24) is 10.2 Å². The lowest BCUT2D eigenvalue weighted by Crippen LogP contribution is -2.49. The molecule has 3 rings (SSSR count). The van der Waals surface area contributed by atoms with Crippen LogP contribution >= 0.6 is 0 Å². The molecule has 2 aromatic rings. The van der Waals surface area contributed by atoms with Gasteiger partial charge in [0.15, 0.2) is 5.82 Å².